The van der Waals surface area contributed by atoms with Crippen molar-refractivity contribution in [1.82, 2.24) is 4.98 Å². The van der Waals surface area contributed by atoms with Crippen molar-refractivity contribution in [3.8, 4) is 11.5 Å². The molecule has 5 rings (SSSR count). The number of carbonyl (C=O) groups excluding carboxylic acids is 2. The number of hydrogen-bond acceptors (Lipinski definition) is 5. The van der Waals surface area contributed by atoms with Gasteiger partial charge in [-0.05, 0) is 66.2 Å². The maximum atomic E-state index is 12.8. The van der Waals surface area contributed by atoms with Gasteiger partial charge in [-0.15, -0.1) is 0 Å². The van der Waals surface area contributed by atoms with Gasteiger partial charge in [0.2, 0.25) is 5.91 Å². The van der Waals surface area contributed by atoms with E-state index in [-0.39, 0.29) is 5.91 Å². The first kappa shape index (κ1) is 21.7. The summed E-state index contributed by atoms with van der Waals surface area (Å²) in [5.74, 6) is 0.443. The second-order valence-electron chi connectivity index (χ2n) is 7.87. The summed E-state index contributed by atoms with van der Waals surface area (Å²) in [5.41, 5.74) is 9.25. The van der Waals surface area contributed by atoms with Crippen molar-refractivity contribution in [3.05, 3.63) is 94.1 Å². The van der Waals surface area contributed by atoms with Crippen LogP contribution in [0.5, 0.6) is 11.5 Å². The molecule has 0 saturated carbocycles. The first-order valence-electron chi connectivity index (χ1n) is 10.7. The number of ether oxygens (including phenoxy) is 2. The molecule has 34 heavy (non-hydrogen) atoms. The lowest BCUT2D eigenvalue weighted by Gasteiger charge is -2.18. The van der Waals surface area contributed by atoms with Gasteiger partial charge in [0.1, 0.15) is 13.2 Å². The number of amides is 2. The molecule has 4 aromatic rings. The molecule has 0 bridgehead atoms. The summed E-state index contributed by atoms with van der Waals surface area (Å²) in [7, 11) is 0. The second kappa shape index (κ2) is 9.03. The van der Waals surface area contributed by atoms with Crippen molar-refractivity contribution in [2.24, 2.45) is 5.73 Å². The Morgan fingerprint density at radius 3 is 2.53 bits per heavy atom. The van der Waals surface area contributed by atoms with Gasteiger partial charge in [-0.2, -0.15) is 0 Å². The summed E-state index contributed by atoms with van der Waals surface area (Å²) < 4.78 is 11.1. The molecule has 1 aliphatic heterocycles. The Bertz CT molecular complexity index is 1440. The van der Waals surface area contributed by atoms with E-state index in [0.29, 0.717) is 53.0 Å². The Labute approximate surface area is 200 Å². The molecule has 8 heteroatoms. The minimum Gasteiger partial charge on any atom is -0.486 e. The van der Waals surface area contributed by atoms with Crippen LogP contribution in [0.2, 0.25) is 5.02 Å². The van der Waals surface area contributed by atoms with Gasteiger partial charge in [-0.25, -0.2) is 0 Å². The topological polar surface area (TPSA) is 104 Å². The van der Waals surface area contributed by atoms with Gasteiger partial charge in [0.05, 0.1) is 5.52 Å². The molecule has 0 atom stereocenters. The number of halogens is 1. The van der Waals surface area contributed by atoms with Crippen LogP contribution in [0.4, 0.5) is 5.69 Å². The van der Waals surface area contributed by atoms with Crippen LogP contribution in [0.15, 0.2) is 66.7 Å². The molecule has 2 amide bonds. The van der Waals surface area contributed by atoms with Crippen LogP contribution in [0, 0.1) is 0 Å². The van der Waals surface area contributed by atoms with Crippen molar-refractivity contribution in [2.45, 2.75) is 6.42 Å². The molecule has 1 aliphatic rings. The fourth-order valence-electron chi connectivity index (χ4n) is 3.79. The van der Waals surface area contributed by atoms with Crippen molar-refractivity contribution < 1.29 is 19.1 Å². The highest BCUT2D eigenvalue weighted by Crippen LogP contribution is 2.31. The van der Waals surface area contributed by atoms with E-state index in [1.807, 2.05) is 18.2 Å². The Kier molecular flexibility index (Phi) is 5.77. The molecule has 0 radical (unpaired) electrons. The number of aromatic nitrogens is 1. The number of nitrogens with two attached hydrogens (primary N) is 1. The predicted octanol–water partition coefficient (Wildman–Crippen LogP) is 4.60. The summed E-state index contributed by atoms with van der Waals surface area (Å²) in [6, 6.07) is 19.3. The van der Waals surface area contributed by atoms with Crippen molar-refractivity contribution >= 4 is 40.0 Å². The third kappa shape index (κ3) is 4.51. The van der Waals surface area contributed by atoms with Gasteiger partial charge in [-0.3, -0.25) is 14.6 Å². The predicted molar refractivity (Wildman–Crippen MR) is 130 cm³/mol. The number of rotatable bonds is 5. The minimum atomic E-state index is -0.479. The average molecular weight is 474 g/mol. The zero-order valence-corrected chi connectivity index (χ0v) is 18.8. The fourth-order valence-corrected chi connectivity index (χ4v) is 3.97. The molecule has 3 N–H and O–H groups in total. The van der Waals surface area contributed by atoms with Gasteiger partial charge in [0.15, 0.2) is 11.5 Å². The molecule has 170 valence electrons. The number of nitrogens with zero attached hydrogens (tertiary/aromatic N) is 1. The lowest BCUT2D eigenvalue weighted by atomic mass is 10.1. The second-order valence-corrected chi connectivity index (χ2v) is 8.28. The van der Waals surface area contributed by atoms with E-state index in [1.165, 1.54) is 0 Å². The number of anilines is 1. The van der Waals surface area contributed by atoms with Gasteiger partial charge in [-0.1, -0.05) is 17.7 Å². The average Bonchev–Trinajstić information content (AvgIpc) is 2.85. The van der Waals surface area contributed by atoms with E-state index >= 15 is 0 Å². The number of nitrogens with one attached hydrogen (secondary N) is 1. The highest BCUT2D eigenvalue weighted by molar-refractivity contribution is 6.31. The summed E-state index contributed by atoms with van der Waals surface area (Å²) in [5, 5.41) is 4.30. The number of fused-ring (bicyclic) bond motifs is 2. The van der Waals surface area contributed by atoms with E-state index in [9.17, 15) is 9.59 Å². The standard InChI is InChI=1S/C26H20ClN3O4/c27-21-6-5-20(30-26(32)17-3-8-23-24(14-17)34-10-9-33-23)13-18(21)12-19-4-1-15-11-16(25(28)31)2-7-22(15)29-19/h1-8,11,13-14H,9-10,12H2,(H2,28,31)(H,30,32). The zero-order chi connectivity index (χ0) is 23.7. The molecule has 0 unspecified atom stereocenters. The van der Waals surface area contributed by atoms with Crippen LogP contribution in [0.25, 0.3) is 10.9 Å². The number of benzene rings is 3. The van der Waals surface area contributed by atoms with Crippen molar-refractivity contribution in [1.29, 1.82) is 0 Å². The smallest absolute Gasteiger partial charge is 0.255 e. The van der Waals surface area contributed by atoms with Gasteiger partial charge < -0.3 is 20.5 Å². The van der Waals surface area contributed by atoms with E-state index in [2.05, 4.69) is 10.3 Å². The van der Waals surface area contributed by atoms with E-state index in [0.717, 1.165) is 22.2 Å². The monoisotopic (exact) mass is 473 g/mol. The lowest BCUT2D eigenvalue weighted by Crippen LogP contribution is -2.17. The summed E-state index contributed by atoms with van der Waals surface area (Å²) in [6.07, 6.45) is 0.472. The number of hydrogen-bond donors (Lipinski definition) is 2. The number of carbonyl (C=O) groups is 2. The van der Waals surface area contributed by atoms with E-state index in [1.54, 1.807) is 48.5 Å². The van der Waals surface area contributed by atoms with Crippen LogP contribution < -0.4 is 20.5 Å². The molecule has 0 saturated heterocycles. The number of primary amides is 1. The largest absolute Gasteiger partial charge is 0.486 e. The van der Waals surface area contributed by atoms with Crippen molar-refractivity contribution in [2.75, 3.05) is 18.5 Å². The highest BCUT2D eigenvalue weighted by atomic mass is 35.5. The Morgan fingerprint density at radius 1 is 0.912 bits per heavy atom. The van der Waals surface area contributed by atoms with Crippen LogP contribution in [-0.4, -0.2) is 30.0 Å². The van der Waals surface area contributed by atoms with Crippen LogP contribution >= 0.6 is 11.6 Å². The summed E-state index contributed by atoms with van der Waals surface area (Å²) >= 11 is 6.43. The minimum absolute atomic E-state index is 0.265. The molecule has 3 aromatic carbocycles. The number of pyridine rings is 1. The van der Waals surface area contributed by atoms with Gasteiger partial charge >= 0.3 is 0 Å². The molecule has 0 aliphatic carbocycles. The van der Waals surface area contributed by atoms with Crippen LogP contribution in [0.1, 0.15) is 32.0 Å². The quantitative estimate of drug-likeness (QED) is 0.441. The third-order valence-electron chi connectivity index (χ3n) is 5.51. The van der Waals surface area contributed by atoms with E-state index in [4.69, 9.17) is 26.8 Å². The van der Waals surface area contributed by atoms with Crippen LogP contribution in [0.3, 0.4) is 0 Å². The first-order valence-corrected chi connectivity index (χ1v) is 11.0. The summed E-state index contributed by atoms with van der Waals surface area (Å²) in [4.78, 5) is 28.9. The van der Waals surface area contributed by atoms with Gasteiger partial charge in [0, 0.05) is 39.3 Å². The molecule has 2 heterocycles. The molecule has 1 aromatic heterocycles. The highest BCUT2D eigenvalue weighted by Gasteiger charge is 2.16. The van der Waals surface area contributed by atoms with E-state index < -0.39 is 5.91 Å². The normalized spacial score (nSPS) is 12.4. The molecular formula is C26H20ClN3O4. The first-order chi connectivity index (χ1) is 16.5. The molecule has 0 fully saturated rings. The third-order valence-corrected chi connectivity index (χ3v) is 5.88. The SMILES string of the molecule is NC(=O)c1ccc2nc(Cc3cc(NC(=O)c4ccc5c(c4)OCCO5)ccc3Cl)ccc2c1. The Balaban J connectivity index is 1.35. The lowest BCUT2D eigenvalue weighted by molar-refractivity contribution is 0.0997. The molecular weight excluding hydrogens is 454 g/mol. The molecule has 7 nitrogen and oxygen atoms in total. The zero-order valence-electron chi connectivity index (χ0n) is 18.0. The summed E-state index contributed by atoms with van der Waals surface area (Å²) in [6.45, 7) is 0.945. The fraction of sp³-hybridized carbons (Fsp3) is 0.115. The van der Waals surface area contributed by atoms with Gasteiger partial charge in [0.25, 0.3) is 5.91 Å². The maximum Gasteiger partial charge on any atom is 0.255 e. The van der Waals surface area contributed by atoms with Crippen molar-refractivity contribution in [3.63, 3.8) is 0 Å². The Hall–Kier alpha value is -4.10. The maximum absolute atomic E-state index is 12.8. The van der Waals surface area contributed by atoms with Crippen LogP contribution in [-0.2, 0) is 6.42 Å². The molecule has 0 spiro atoms. The Morgan fingerprint density at radius 2 is 1.71 bits per heavy atom.